The van der Waals surface area contributed by atoms with Gasteiger partial charge in [-0.2, -0.15) is 5.10 Å². The predicted octanol–water partition coefficient (Wildman–Crippen LogP) is 6.24. The standard InChI is InChI=1S/C28H32ClN7O2Si/c1-39(2,3)13-12-38-19-36-25(20-8-5-4-6-9-20)15-24(34-36)27-23(29)18-31-28(33-27)32-21-14-22(17-30-16-21)35-11-7-10-26(35)37/h4-6,8-9,14-18H,7,10-13,19H2,1-3H3,(H,31,32,33). The number of hydrogen-bond acceptors (Lipinski definition) is 7. The zero-order valence-electron chi connectivity index (χ0n) is 22.4. The summed E-state index contributed by atoms with van der Waals surface area (Å²) in [6.07, 6.45) is 6.32. The van der Waals surface area contributed by atoms with Crippen molar-refractivity contribution in [3.63, 3.8) is 0 Å². The molecule has 1 aromatic carbocycles. The molecular weight excluding hydrogens is 530 g/mol. The van der Waals surface area contributed by atoms with Gasteiger partial charge in [-0.3, -0.25) is 9.78 Å². The van der Waals surface area contributed by atoms with Crippen LogP contribution in [0.5, 0.6) is 0 Å². The molecule has 3 aromatic heterocycles. The van der Waals surface area contributed by atoms with Gasteiger partial charge in [-0.05, 0) is 30.2 Å². The van der Waals surface area contributed by atoms with Crippen molar-refractivity contribution in [2.45, 2.75) is 45.3 Å². The molecule has 11 heteroatoms. The number of aromatic nitrogens is 5. The van der Waals surface area contributed by atoms with Crippen LogP contribution in [0.2, 0.25) is 30.7 Å². The average molecular weight is 562 g/mol. The first-order chi connectivity index (χ1) is 18.8. The smallest absolute Gasteiger partial charge is 0.227 e. The topological polar surface area (TPSA) is 98.1 Å². The third-order valence-electron chi connectivity index (χ3n) is 6.41. The van der Waals surface area contributed by atoms with Crippen molar-refractivity contribution < 1.29 is 9.53 Å². The summed E-state index contributed by atoms with van der Waals surface area (Å²) in [5, 5.41) is 8.40. The number of amides is 1. The maximum atomic E-state index is 12.2. The second-order valence-corrected chi connectivity index (χ2v) is 16.8. The molecule has 0 unspecified atom stereocenters. The van der Waals surface area contributed by atoms with Crippen molar-refractivity contribution in [2.75, 3.05) is 23.4 Å². The summed E-state index contributed by atoms with van der Waals surface area (Å²) < 4.78 is 7.87. The maximum absolute atomic E-state index is 12.2. The molecule has 0 radical (unpaired) electrons. The van der Waals surface area contributed by atoms with Crippen LogP contribution in [0.15, 0.2) is 61.1 Å². The highest BCUT2D eigenvalue weighted by atomic mass is 35.5. The van der Waals surface area contributed by atoms with Crippen molar-refractivity contribution >= 4 is 42.9 Å². The van der Waals surface area contributed by atoms with Gasteiger partial charge in [0.15, 0.2) is 0 Å². The van der Waals surface area contributed by atoms with E-state index in [0.29, 0.717) is 54.3 Å². The second-order valence-electron chi connectivity index (χ2n) is 10.7. The van der Waals surface area contributed by atoms with Gasteiger partial charge in [-0.1, -0.05) is 61.6 Å². The van der Waals surface area contributed by atoms with Gasteiger partial charge in [0, 0.05) is 27.6 Å². The summed E-state index contributed by atoms with van der Waals surface area (Å²) in [7, 11) is -1.20. The Kier molecular flexibility index (Phi) is 8.06. The molecule has 39 heavy (non-hydrogen) atoms. The van der Waals surface area contributed by atoms with E-state index in [0.717, 1.165) is 29.4 Å². The molecule has 202 valence electrons. The fourth-order valence-electron chi connectivity index (χ4n) is 4.30. The number of carbonyl (C=O) groups excluding carboxylic acids is 1. The van der Waals surface area contributed by atoms with Crippen LogP contribution < -0.4 is 10.2 Å². The van der Waals surface area contributed by atoms with Crippen molar-refractivity contribution in [1.29, 1.82) is 0 Å². The van der Waals surface area contributed by atoms with Crippen molar-refractivity contribution in [3.8, 4) is 22.6 Å². The molecule has 1 saturated heterocycles. The molecule has 1 aliphatic heterocycles. The average Bonchev–Trinajstić information content (AvgIpc) is 3.54. The monoisotopic (exact) mass is 561 g/mol. The first-order valence-corrected chi connectivity index (χ1v) is 17.1. The molecule has 1 fully saturated rings. The summed E-state index contributed by atoms with van der Waals surface area (Å²) >= 11 is 6.56. The quantitative estimate of drug-likeness (QED) is 0.181. The van der Waals surface area contributed by atoms with Crippen LogP contribution in [-0.4, -0.2) is 51.9 Å². The Labute approximate surface area is 234 Å². The number of pyridine rings is 1. The molecule has 4 aromatic rings. The minimum Gasteiger partial charge on any atom is -0.360 e. The Morgan fingerprint density at radius 3 is 2.67 bits per heavy atom. The molecule has 0 saturated carbocycles. The lowest BCUT2D eigenvalue weighted by molar-refractivity contribution is -0.117. The van der Waals surface area contributed by atoms with Crippen LogP contribution in [0, 0.1) is 0 Å². The molecule has 1 N–H and O–H groups in total. The van der Waals surface area contributed by atoms with Crippen molar-refractivity contribution in [2.24, 2.45) is 0 Å². The van der Waals surface area contributed by atoms with Crippen molar-refractivity contribution in [3.05, 3.63) is 66.1 Å². The SMILES string of the molecule is C[Si](C)(C)CCOCn1nc(-c2nc(Nc3cncc(N4CCCC4=O)c3)ncc2Cl)cc1-c1ccccc1. The molecular formula is C28H32ClN7O2Si. The number of halogens is 1. The van der Waals surface area contributed by atoms with E-state index in [4.69, 9.17) is 21.4 Å². The van der Waals surface area contributed by atoms with Gasteiger partial charge in [0.25, 0.3) is 0 Å². The van der Waals surface area contributed by atoms with Gasteiger partial charge < -0.3 is 15.0 Å². The number of anilines is 3. The van der Waals surface area contributed by atoms with Crippen LogP contribution in [0.1, 0.15) is 12.8 Å². The van der Waals surface area contributed by atoms with E-state index >= 15 is 0 Å². The Morgan fingerprint density at radius 2 is 1.92 bits per heavy atom. The Bertz CT molecular complexity index is 1460. The van der Waals surface area contributed by atoms with E-state index in [9.17, 15) is 4.79 Å². The van der Waals surface area contributed by atoms with Crippen LogP contribution >= 0.6 is 11.6 Å². The summed E-state index contributed by atoms with van der Waals surface area (Å²) in [4.78, 5) is 27.2. The van der Waals surface area contributed by atoms with Gasteiger partial charge >= 0.3 is 0 Å². The Morgan fingerprint density at radius 1 is 1.10 bits per heavy atom. The summed E-state index contributed by atoms with van der Waals surface area (Å²) in [5.41, 5.74) is 4.48. The molecule has 0 bridgehead atoms. The van der Waals surface area contributed by atoms with Gasteiger partial charge in [0.05, 0.1) is 40.7 Å². The van der Waals surface area contributed by atoms with Gasteiger partial charge in [-0.25, -0.2) is 14.6 Å². The third kappa shape index (κ3) is 6.70. The summed E-state index contributed by atoms with van der Waals surface area (Å²) in [5.74, 6) is 0.455. The van der Waals surface area contributed by atoms with Crippen LogP contribution in [0.3, 0.4) is 0 Å². The molecule has 1 aliphatic rings. The van der Waals surface area contributed by atoms with Crippen LogP contribution in [-0.2, 0) is 16.3 Å². The maximum Gasteiger partial charge on any atom is 0.227 e. The number of hydrogen-bond donors (Lipinski definition) is 1. The van der Waals surface area contributed by atoms with E-state index < -0.39 is 8.07 Å². The third-order valence-corrected chi connectivity index (χ3v) is 8.39. The lowest BCUT2D eigenvalue weighted by Crippen LogP contribution is -2.23. The molecule has 0 atom stereocenters. The number of rotatable bonds is 10. The molecule has 9 nitrogen and oxygen atoms in total. The highest BCUT2D eigenvalue weighted by Gasteiger charge is 2.22. The summed E-state index contributed by atoms with van der Waals surface area (Å²) in [6.45, 7) is 8.71. The largest absolute Gasteiger partial charge is 0.360 e. The zero-order valence-corrected chi connectivity index (χ0v) is 24.1. The molecule has 5 rings (SSSR count). The minimum atomic E-state index is -1.20. The molecule has 0 aliphatic carbocycles. The fraction of sp³-hybridized carbons (Fsp3) is 0.321. The zero-order chi connectivity index (χ0) is 27.4. The lowest BCUT2D eigenvalue weighted by atomic mass is 10.1. The number of ether oxygens (including phenoxy) is 1. The van der Waals surface area contributed by atoms with Crippen LogP contribution in [0.25, 0.3) is 22.6 Å². The van der Waals surface area contributed by atoms with E-state index in [1.54, 1.807) is 23.5 Å². The van der Waals surface area contributed by atoms with E-state index in [1.165, 1.54) is 0 Å². The number of carbonyl (C=O) groups is 1. The van der Waals surface area contributed by atoms with E-state index in [1.807, 2.05) is 47.1 Å². The van der Waals surface area contributed by atoms with Gasteiger partial charge in [-0.15, -0.1) is 0 Å². The van der Waals surface area contributed by atoms with E-state index in [-0.39, 0.29) is 5.91 Å². The van der Waals surface area contributed by atoms with Gasteiger partial charge in [0.2, 0.25) is 11.9 Å². The number of nitrogens with zero attached hydrogens (tertiary/aromatic N) is 6. The second kappa shape index (κ2) is 11.6. The minimum absolute atomic E-state index is 0.105. The molecule has 0 spiro atoms. The predicted molar refractivity (Wildman–Crippen MR) is 157 cm³/mol. The van der Waals surface area contributed by atoms with E-state index in [2.05, 4.69) is 39.9 Å². The fourth-order valence-corrected chi connectivity index (χ4v) is 5.25. The van der Waals surface area contributed by atoms with Crippen molar-refractivity contribution in [1.82, 2.24) is 24.7 Å². The van der Waals surface area contributed by atoms with Crippen LogP contribution in [0.4, 0.5) is 17.3 Å². The normalized spacial score (nSPS) is 13.7. The Balaban J connectivity index is 1.41. The van der Waals surface area contributed by atoms with Gasteiger partial charge in [0.1, 0.15) is 18.1 Å². The number of benzene rings is 1. The first kappa shape index (κ1) is 27.0. The number of nitrogens with one attached hydrogen (secondary N) is 1. The Hall–Kier alpha value is -3.60. The summed E-state index contributed by atoms with van der Waals surface area (Å²) in [6, 6.07) is 15.0. The lowest BCUT2D eigenvalue weighted by Gasteiger charge is -2.16. The highest BCUT2D eigenvalue weighted by Crippen LogP contribution is 2.31. The highest BCUT2D eigenvalue weighted by molar-refractivity contribution is 6.76. The molecule has 4 heterocycles. The first-order valence-electron chi connectivity index (χ1n) is 13.0. The molecule has 1 amide bonds.